The molecule has 0 aliphatic rings. The van der Waals surface area contributed by atoms with E-state index in [0.29, 0.717) is 0 Å². The molecular weight excluding hydrogens is 326 g/mol. The molecular formula is C22H45NO3. The molecule has 0 fully saturated rings. The Hall–Kier alpha value is -0.450. The molecule has 4 heteroatoms. The Morgan fingerprint density at radius 3 is 1.58 bits per heavy atom. The standard InChI is InChI=1S/C22H45NO3/c1-20(2)19-21(3)23-18-16-14-12-10-8-7-9-11-13-15-17-22(24-4,25-5)26-6/h20H,7-19H2,1-6H3. The predicted molar refractivity (Wildman–Crippen MR) is 112 cm³/mol. The first-order valence-electron chi connectivity index (χ1n) is 10.6. The lowest BCUT2D eigenvalue weighted by Gasteiger charge is -2.28. The van der Waals surface area contributed by atoms with Crippen LogP contribution < -0.4 is 0 Å². The smallest absolute Gasteiger partial charge is 0.282 e. The minimum atomic E-state index is -0.850. The summed E-state index contributed by atoms with van der Waals surface area (Å²) in [5.74, 6) is -0.126. The van der Waals surface area contributed by atoms with Gasteiger partial charge in [0.25, 0.3) is 5.97 Å². The average Bonchev–Trinajstić information content (AvgIpc) is 2.62. The first kappa shape index (κ1) is 25.6. The van der Waals surface area contributed by atoms with E-state index in [1.54, 1.807) is 21.3 Å². The van der Waals surface area contributed by atoms with E-state index < -0.39 is 5.97 Å². The van der Waals surface area contributed by atoms with Gasteiger partial charge in [0.2, 0.25) is 0 Å². The zero-order valence-electron chi connectivity index (χ0n) is 18.4. The molecule has 0 N–H and O–H groups in total. The maximum atomic E-state index is 5.31. The third kappa shape index (κ3) is 13.7. The van der Waals surface area contributed by atoms with Crippen molar-refractivity contribution in [3.8, 4) is 0 Å². The Morgan fingerprint density at radius 1 is 0.731 bits per heavy atom. The summed E-state index contributed by atoms with van der Waals surface area (Å²) >= 11 is 0. The Kier molecular flexibility index (Phi) is 16.4. The molecule has 0 rings (SSSR count). The number of rotatable bonds is 18. The molecule has 0 aromatic carbocycles. The molecule has 0 aliphatic heterocycles. The molecule has 4 nitrogen and oxygen atoms in total. The molecule has 0 saturated carbocycles. The number of unbranched alkanes of at least 4 members (excludes halogenated alkanes) is 9. The monoisotopic (exact) mass is 371 g/mol. The van der Waals surface area contributed by atoms with Crippen molar-refractivity contribution in [1.29, 1.82) is 0 Å². The van der Waals surface area contributed by atoms with Gasteiger partial charge >= 0.3 is 0 Å². The number of nitrogens with zero attached hydrogens (tertiary/aromatic N) is 1. The van der Waals surface area contributed by atoms with Gasteiger partial charge in [0, 0.05) is 40.0 Å². The molecule has 0 aliphatic carbocycles. The maximum absolute atomic E-state index is 5.31. The largest absolute Gasteiger partial charge is 0.331 e. The first-order valence-corrected chi connectivity index (χ1v) is 10.6. The van der Waals surface area contributed by atoms with E-state index in [4.69, 9.17) is 14.2 Å². The van der Waals surface area contributed by atoms with Crippen LogP contribution in [0.4, 0.5) is 0 Å². The molecule has 26 heavy (non-hydrogen) atoms. The molecule has 0 radical (unpaired) electrons. The summed E-state index contributed by atoms with van der Waals surface area (Å²) in [6.07, 6.45) is 14.9. The minimum absolute atomic E-state index is 0.723. The molecule has 0 bridgehead atoms. The Balaban J connectivity index is 3.39. The third-order valence-corrected chi connectivity index (χ3v) is 4.91. The highest BCUT2D eigenvalue weighted by Gasteiger charge is 2.28. The molecule has 0 amide bonds. The van der Waals surface area contributed by atoms with Gasteiger partial charge in [-0.1, -0.05) is 65.2 Å². The summed E-state index contributed by atoms with van der Waals surface area (Å²) in [6.45, 7) is 7.69. The van der Waals surface area contributed by atoms with Crippen molar-refractivity contribution in [3.63, 3.8) is 0 Å². The van der Waals surface area contributed by atoms with Gasteiger partial charge in [0.05, 0.1) is 0 Å². The molecule has 0 saturated heterocycles. The van der Waals surface area contributed by atoms with E-state index in [0.717, 1.165) is 31.7 Å². The van der Waals surface area contributed by atoms with Crippen LogP contribution >= 0.6 is 0 Å². The number of ether oxygens (including phenoxy) is 3. The molecule has 0 aromatic heterocycles. The predicted octanol–water partition coefficient (Wildman–Crippen LogP) is 6.38. The van der Waals surface area contributed by atoms with Crippen LogP contribution in [0.25, 0.3) is 0 Å². The maximum Gasteiger partial charge on any atom is 0.282 e. The number of methoxy groups -OCH3 is 3. The molecule has 156 valence electrons. The van der Waals surface area contributed by atoms with Gasteiger partial charge in [-0.3, -0.25) is 4.99 Å². The van der Waals surface area contributed by atoms with Gasteiger partial charge in [0.1, 0.15) is 0 Å². The number of aliphatic imine (C=N–C) groups is 1. The fourth-order valence-electron chi connectivity index (χ4n) is 3.35. The summed E-state index contributed by atoms with van der Waals surface area (Å²) in [5.41, 5.74) is 1.32. The molecule has 0 spiro atoms. The number of hydrogen-bond donors (Lipinski definition) is 0. The molecule has 0 unspecified atom stereocenters. The fraction of sp³-hybridized carbons (Fsp3) is 0.955. The second kappa shape index (κ2) is 16.7. The van der Waals surface area contributed by atoms with Gasteiger partial charge in [-0.2, -0.15) is 0 Å². The second-order valence-corrected chi connectivity index (χ2v) is 7.80. The molecule has 0 aromatic rings. The van der Waals surface area contributed by atoms with E-state index in [1.807, 2.05) is 0 Å². The lowest BCUT2D eigenvalue weighted by Crippen LogP contribution is -2.35. The zero-order valence-corrected chi connectivity index (χ0v) is 18.4. The lowest BCUT2D eigenvalue weighted by atomic mass is 10.1. The summed E-state index contributed by atoms with van der Waals surface area (Å²) in [7, 11) is 4.89. The van der Waals surface area contributed by atoms with Crippen molar-refractivity contribution in [2.75, 3.05) is 27.9 Å². The van der Waals surface area contributed by atoms with Gasteiger partial charge in [-0.25, -0.2) is 0 Å². The lowest BCUT2D eigenvalue weighted by molar-refractivity contribution is -0.355. The molecule has 0 heterocycles. The van der Waals surface area contributed by atoms with Crippen LogP contribution in [0.2, 0.25) is 0 Å². The normalized spacial score (nSPS) is 13.0. The quantitative estimate of drug-likeness (QED) is 0.159. The van der Waals surface area contributed by atoms with Crippen LogP contribution in [-0.4, -0.2) is 39.6 Å². The van der Waals surface area contributed by atoms with Crippen molar-refractivity contribution >= 4 is 5.71 Å². The van der Waals surface area contributed by atoms with Gasteiger partial charge in [-0.15, -0.1) is 0 Å². The van der Waals surface area contributed by atoms with Crippen LogP contribution in [0.1, 0.15) is 97.8 Å². The van der Waals surface area contributed by atoms with Gasteiger partial charge < -0.3 is 14.2 Å². The Morgan fingerprint density at radius 2 is 1.15 bits per heavy atom. The minimum Gasteiger partial charge on any atom is -0.331 e. The van der Waals surface area contributed by atoms with Crippen molar-refractivity contribution in [2.45, 2.75) is 104 Å². The van der Waals surface area contributed by atoms with Crippen LogP contribution in [0.15, 0.2) is 4.99 Å². The van der Waals surface area contributed by atoms with Crippen molar-refractivity contribution in [1.82, 2.24) is 0 Å². The van der Waals surface area contributed by atoms with E-state index in [1.165, 1.54) is 63.5 Å². The van der Waals surface area contributed by atoms with Crippen LogP contribution in [0.5, 0.6) is 0 Å². The zero-order chi connectivity index (χ0) is 19.7. The van der Waals surface area contributed by atoms with Gasteiger partial charge in [0.15, 0.2) is 0 Å². The number of hydrogen-bond acceptors (Lipinski definition) is 4. The highest BCUT2D eigenvalue weighted by molar-refractivity contribution is 5.81. The van der Waals surface area contributed by atoms with E-state index in [-0.39, 0.29) is 0 Å². The summed E-state index contributed by atoms with van der Waals surface area (Å²) in [4.78, 5) is 4.67. The second-order valence-electron chi connectivity index (χ2n) is 7.80. The summed E-state index contributed by atoms with van der Waals surface area (Å²) in [5, 5.41) is 0. The van der Waals surface area contributed by atoms with Gasteiger partial charge in [-0.05, 0) is 32.1 Å². The Labute approximate surface area is 163 Å². The van der Waals surface area contributed by atoms with E-state index >= 15 is 0 Å². The fourth-order valence-corrected chi connectivity index (χ4v) is 3.35. The highest BCUT2D eigenvalue weighted by Crippen LogP contribution is 2.21. The van der Waals surface area contributed by atoms with Crippen molar-refractivity contribution < 1.29 is 14.2 Å². The third-order valence-electron chi connectivity index (χ3n) is 4.91. The SMILES string of the molecule is COC(CCCCCCCCCCCCN=C(C)CC(C)C)(OC)OC. The van der Waals surface area contributed by atoms with Crippen LogP contribution in [0, 0.1) is 5.92 Å². The van der Waals surface area contributed by atoms with Crippen LogP contribution in [-0.2, 0) is 14.2 Å². The van der Waals surface area contributed by atoms with E-state index in [2.05, 4.69) is 25.8 Å². The van der Waals surface area contributed by atoms with Crippen molar-refractivity contribution in [3.05, 3.63) is 0 Å². The summed E-state index contributed by atoms with van der Waals surface area (Å²) in [6, 6.07) is 0. The average molecular weight is 372 g/mol. The highest BCUT2D eigenvalue weighted by atomic mass is 16.9. The topological polar surface area (TPSA) is 40.0 Å². The summed E-state index contributed by atoms with van der Waals surface area (Å²) < 4.78 is 15.9. The van der Waals surface area contributed by atoms with Crippen molar-refractivity contribution in [2.24, 2.45) is 10.9 Å². The Bertz CT molecular complexity index is 330. The first-order chi connectivity index (χ1) is 12.5. The van der Waals surface area contributed by atoms with E-state index in [9.17, 15) is 0 Å². The van der Waals surface area contributed by atoms with Crippen LogP contribution in [0.3, 0.4) is 0 Å². The molecule has 0 atom stereocenters.